The normalized spacial score (nSPS) is 10.6. The van der Waals surface area contributed by atoms with Gasteiger partial charge in [-0.3, -0.25) is 0 Å². The van der Waals surface area contributed by atoms with Crippen LogP contribution in [0, 0.1) is 11.3 Å². The Morgan fingerprint density at radius 3 is 2.81 bits per heavy atom. The maximum Gasteiger partial charge on any atom is 0.203 e. The third-order valence-corrected chi connectivity index (χ3v) is 2.28. The quantitative estimate of drug-likeness (QED) is 0.710. The van der Waals surface area contributed by atoms with Gasteiger partial charge >= 0.3 is 0 Å². The van der Waals surface area contributed by atoms with E-state index in [9.17, 15) is 0 Å². The summed E-state index contributed by atoms with van der Waals surface area (Å²) in [6.07, 6.45) is 2.35. The zero-order chi connectivity index (χ0) is 11.8. The highest BCUT2D eigenvalue weighted by molar-refractivity contribution is 5.18. The van der Waals surface area contributed by atoms with Gasteiger partial charge in [-0.1, -0.05) is 0 Å². The summed E-state index contributed by atoms with van der Waals surface area (Å²) in [5.41, 5.74) is 0. The van der Waals surface area contributed by atoms with E-state index in [2.05, 4.69) is 24.3 Å². The second-order valence-electron chi connectivity index (χ2n) is 4.06. The van der Waals surface area contributed by atoms with Gasteiger partial charge < -0.3 is 14.6 Å². The van der Waals surface area contributed by atoms with Crippen LogP contribution in [0.2, 0.25) is 0 Å². The molecule has 0 amide bonds. The molecule has 88 valence electrons. The van der Waals surface area contributed by atoms with Crippen LogP contribution >= 0.6 is 0 Å². The van der Waals surface area contributed by atoms with Crippen molar-refractivity contribution in [2.24, 2.45) is 0 Å². The highest BCUT2D eigenvalue weighted by Gasteiger charge is 1.99. The monoisotopic (exact) mass is 221 g/mol. The number of hydrogen-bond acceptors (Lipinski definition) is 4. The molecule has 1 heterocycles. The highest BCUT2D eigenvalue weighted by Crippen LogP contribution is 2.05. The first-order valence-electron chi connectivity index (χ1n) is 5.56. The molecule has 0 aliphatic rings. The largest absolute Gasteiger partial charge is 0.449 e. The lowest BCUT2D eigenvalue weighted by Crippen LogP contribution is -2.17. The van der Waals surface area contributed by atoms with Crippen molar-refractivity contribution in [3.63, 3.8) is 0 Å². The van der Waals surface area contributed by atoms with E-state index < -0.39 is 0 Å². The number of rotatable bonds is 7. The Morgan fingerprint density at radius 1 is 1.38 bits per heavy atom. The van der Waals surface area contributed by atoms with Crippen molar-refractivity contribution in [1.29, 1.82) is 5.26 Å². The zero-order valence-corrected chi connectivity index (χ0v) is 9.99. The molecule has 4 heteroatoms. The SMILES string of the molecule is CN(C)CCCCNCc1ccc(C#N)o1. The third-order valence-electron chi connectivity index (χ3n) is 2.28. The smallest absolute Gasteiger partial charge is 0.203 e. The topological polar surface area (TPSA) is 52.2 Å². The number of furan rings is 1. The van der Waals surface area contributed by atoms with Gasteiger partial charge in [0.15, 0.2) is 0 Å². The Labute approximate surface area is 96.8 Å². The Kier molecular flexibility index (Phi) is 5.62. The first-order chi connectivity index (χ1) is 7.72. The number of nitriles is 1. The standard InChI is InChI=1S/C12H19N3O/c1-15(2)8-4-3-7-14-10-12-6-5-11(9-13)16-12/h5-6,14H,3-4,7-8,10H2,1-2H3. The number of nitrogens with zero attached hydrogens (tertiary/aromatic N) is 2. The van der Waals surface area contributed by atoms with Crippen molar-refractivity contribution in [3.8, 4) is 6.07 Å². The first-order valence-corrected chi connectivity index (χ1v) is 5.56. The lowest BCUT2D eigenvalue weighted by Gasteiger charge is -2.08. The molecule has 0 fully saturated rings. The van der Waals surface area contributed by atoms with Crippen LogP contribution in [-0.4, -0.2) is 32.1 Å². The lowest BCUT2D eigenvalue weighted by molar-refractivity contribution is 0.389. The molecule has 0 bridgehead atoms. The number of nitrogens with one attached hydrogen (secondary N) is 1. The van der Waals surface area contributed by atoms with Gasteiger partial charge in [-0.05, 0) is 52.2 Å². The predicted molar refractivity (Wildman–Crippen MR) is 62.9 cm³/mol. The Balaban J connectivity index is 2.05. The average Bonchev–Trinajstić information content (AvgIpc) is 2.70. The van der Waals surface area contributed by atoms with Crippen molar-refractivity contribution in [2.75, 3.05) is 27.2 Å². The molecule has 1 aromatic heterocycles. The second-order valence-corrected chi connectivity index (χ2v) is 4.06. The molecule has 1 aromatic rings. The van der Waals surface area contributed by atoms with E-state index in [4.69, 9.17) is 9.68 Å². The predicted octanol–water partition coefficient (Wildman–Crippen LogP) is 1.58. The Bertz CT molecular complexity index is 338. The molecule has 0 aromatic carbocycles. The maximum absolute atomic E-state index is 8.58. The minimum absolute atomic E-state index is 0.379. The molecule has 1 rings (SSSR count). The van der Waals surface area contributed by atoms with Gasteiger partial charge in [0.1, 0.15) is 11.8 Å². The molecule has 0 radical (unpaired) electrons. The van der Waals surface area contributed by atoms with E-state index in [1.165, 1.54) is 6.42 Å². The highest BCUT2D eigenvalue weighted by atomic mass is 16.3. The Morgan fingerprint density at radius 2 is 2.19 bits per heavy atom. The van der Waals surface area contributed by atoms with Gasteiger partial charge in [0, 0.05) is 0 Å². The van der Waals surface area contributed by atoms with E-state index in [1.807, 2.05) is 12.1 Å². The fourth-order valence-corrected chi connectivity index (χ4v) is 1.42. The minimum atomic E-state index is 0.379. The van der Waals surface area contributed by atoms with Gasteiger partial charge in [0.25, 0.3) is 0 Å². The molecule has 0 aliphatic carbocycles. The van der Waals surface area contributed by atoms with Gasteiger partial charge in [0.05, 0.1) is 6.54 Å². The van der Waals surface area contributed by atoms with Crippen LogP contribution < -0.4 is 5.32 Å². The summed E-state index contributed by atoms with van der Waals surface area (Å²) in [5, 5.41) is 11.9. The van der Waals surface area contributed by atoms with Gasteiger partial charge in [-0.15, -0.1) is 0 Å². The summed E-state index contributed by atoms with van der Waals surface area (Å²) in [6.45, 7) is 2.81. The van der Waals surface area contributed by atoms with E-state index in [-0.39, 0.29) is 0 Å². The summed E-state index contributed by atoms with van der Waals surface area (Å²) < 4.78 is 5.25. The summed E-state index contributed by atoms with van der Waals surface area (Å²) in [4.78, 5) is 2.19. The molecular weight excluding hydrogens is 202 g/mol. The molecular formula is C12H19N3O. The number of hydrogen-bond donors (Lipinski definition) is 1. The van der Waals surface area contributed by atoms with Crippen LogP contribution in [0.3, 0.4) is 0 Å². The third kappa shape index (κ3) is 4.96. The molecule has 0 atom stereocenters. The maximum atomic E-state index is 8.58. The first kappa shape index (κ1) is 12.8. The van der Waals surface area contributed by atoms with Gasteiger partial charge in [-0.25, -0.2) is 0 Å². The molecule has 0 saturated carbocycles. The van der Waals surface area contributed by atoms with Gasteiger partial charge in [-0.2, -0.15) is 5.26 Å². The summed E-state index contributed by atoms with van der Waals surface area (Å²) in [5.74, 6) is 1.20. The van der Waals surface area contributed by atoms with Crippen molar-refractivity contribution < 1.29 is 4.42 Å². The second kappa shape index (κ2) is 7.04. The molecule has 0 saturated heterocycles. The van der Waals surface area contributed by atoms with E-state index >= 15 is 0 Å². The van der Waals surface area contributed by atoms with Crippen LogP contribution in [0.4, 0.5) is 0 Å². The van der Waals surface area contributed by atoms with Crippen LogP contribution in [0.25, 0.3) is 0 Å². The molecule has 0 aliphatic heterocycles. The lowest BCUT2D eigenvalue weighted by atomic mass is 10.3. The summed E-state index contributed by atoms with van der Waals surface area (Å²) in [6, 6.07) is 5.51. The minimum Gasteiger partial charge on any atom is -0.449 e. The molecule has 4 nitrogen and oxygen atoms in total. The zero-order valence-electron chi connectivity index (χ0n) is 9.99. The van der Waals surface area contributed by atoms with Crippen LogP contribution in [-0.2, 0) is 6.54 Å². The van der Waals surface area contributed by atoms with Crippen molar-refractivity contribution >= 4 is 0 Å². The van der Waals surface area contributed by atoms with Crippen LogP contribution in [0.15, 0.2) is 16.5 Å². The molecule has 0 spiro atoms. The van der Waals surface area contributed by atoms with Crippen molar-refractivity contribution in [1.82, 2.24) is 10.2 Å². The Hall–Kier alpha value is -1.31. The van der Waals surface area contributed by atoms with E-state index in [1.54, 1.807) is 6.07 Å². The molecule has 0 unspecified atom stereocenters. The van der Waals surface area contributed by atoms with Gasteiger partial charge in [0.2, 0.25) is 5.76 Å². The molecule has 16 heavy (non-hydrogen) atoms. The average molecular weight is 221 g/mol. The summed E-state index contributed by atoms with van der Waals surface area (Å²) in [7, 11) is 4.17. The fourth-order valence-electron chi connectivity index (χ4n) is 1.42. The van der Waals surface area contributed by atoms with Crippen LogP contribution in [0.5, 0.6) is 0 Å². The molecule has 1 N–H and O–H groups in total. The van der Waals surface area contributed by atoms with Crippen LogP contribution in [0.1, 0.15) is 24.4 Å². The van der Waals surface area contributed by atoms with E-state index in [0.29, 0.717) is 12.3 Å². The van der Waals surface area contributed by atoms with E-state index in [0.717, 1.165) is 25.3 Å². The summed E-state index contributed by atoms with van der Waals surface area (Å²) >= 11 is 0. The number of unbranched alkanes of at least 4 members (excludes halogenated alkanes) is 1. The van der Waals surface area contributed by atoms with Crippen molar-refractivity contribution in [2.45, 2.75) is 19.4 Å². The van der Waals surface area contributed by atoms with Crippen molar-refractivity contribution in [3.05, 3.63) is 23.7 Å². The fraction of sp³-hybridized carbons (Fsp3) is 0.583.